The molecule has 0 radical (unpaired) electrons. The molecule has 0 bridgehead atoms. The van der Waals surface area contributed by atoms with Gasteiger partial charge >= 0.3 is 0 Å². The van der Waals surface area contributed by atoms with Crippen molar-refractivity contribution in [1.82, 2.24) is 4.90 Å². The Morgan fingerprint density at radius 2 is 2.14 bits per heavy atom. The number of likely N-dealkylation sites (tertiary alicyclic amines) is 1. The van der Waals surface area contributed by atoms with Gasteiger partial charge in [0.1, 0.15) is 0 Å². The van der Waals surface area contributed by atoms with E-state index in [2.05, 4.69) is 12.1 Å². The van der Waals surface area contributed by atoms with E-state index in [1.165, 1.54) is 0 Å². The molecular formula is C17H20ClNO2S. The van der Waals surface area contributed by atoms with Crippen LogP contribution in [-0.2, 0) is 9.53 Å². The van der Waals surface area contributed by atoms with Crippen molar-refractivity contribution in [2.75, 3.05) is 20.2 Å². The first-order valence-electron chi connectivity index (χ1n) is 7.58. The van der Waals surface area contributed by atoms with Gasteiger partial charge in [0.05, 0.1) is 16.7 Å². The lowest BCUT2D eigenvalue weighted by Gasteiger charge is -2.33. The van der Waals surface area contributed by atoms with Crippen LogP contribution in [0.3, 0.4) is 0 Å². The molecule has 3 atom stereocenters. The second-order valence-electron chi connectivity index (χ2n) is 5.68. The summed E-state index contributed by atoms with van der Waals surface area (Å²) in [4.78, 5) is 15.8. The molecule has 0 aromatic heterocycles. The summed E-state index contributed by atoms with van der Waals surface area (Å²) in [5.74, 6) is -0.127. The Kier molecular flexibility index (Phi) is 5.11. The zero-order valence-electron chi connectivity index (χ0n) is 12.6. The molecule has 22 heavy (non-hydrogen) atoms. The first-order chi connectivity index (χ1) is 10.7. The first kappa shape index (κ1) is 15.9. The minimum atomic E-state index is -0.252. The smallest absolute Gasteiger partial charge is 0.232 e. The number of methoxy groups -OCH3 is 1. The number of hydrogen-bond donors (Lipinski definition) is 0. The number of rotatable bonds is 3. The summed E-state index contributed by atoms with van der Waals surface area (Å²) in [6, 6.07) is 10.1. The molecule has 3 unspecified atom stereocenters. The maximum Gasteiger partial charge on any atom is 0.232 e. The van der Waals surface area contributed by atoms with E-state index < -0.39 is 0 Å². The van der Waals surface area contributed by atoms with Gasteiger partial charge in [0.15, 0.2) is 0 Å². The molecule has 1 amide bonds. The summed E-state index contributed by atoms with van der Waals surface area (Å²) >= 11 is 8.01. The number of benzene rings is 1. The van der Waals surface area contributed by atoms with Crippen molar-refractivity contribution >= 4 is 34.2 Å². The molecule has 118 valence electrons. The van der Waals surface area contributed by atoms with Crippen molar-refractivity contribution in [1.29, 1.82) is 0 Å². The van der Waals surface area contributed by atoms with Gasteiger partial charge in [-0.05, 0) is 18.4 Å². The minimum Gasteiger partial charge on any atom is -0.380 e. The molecule has 0 aliphatic carbocycles. The zero-order valence-corrected chi connectivity index (χ0v) is 14.1. The van der Waals surface area contributed by atoms with E-state index in [0.29, 0.717) is 6.54 Å². The summed E-state index contributed by atoms with van der Waals surface area (Å²) in [6.45, 7) is 1.48. The van der Waals surface area contributed by atoms with E-state index >= 15 is 0 Å². The maximum atomic E-state index is 12.8. The van der Waals surface area contributed by atoms with Gasteiger partial charge in [-0.25, -0.2) is 0 Å². The van der Waals surface area contributed by atoms with Crippen LogP contribution in [0.1, 0.15) is 18.4 Å². The standard InChI is InChI=1S/C17H20ClNO2S/c1-21-13-8-5-9-19(11-13)17(20)14-10-15(22-16(14)18)12-6-3-2-4-7-12/h2-4,6-7,10,13-14,16H,5,8-9,11H2,1H3. The highest BCUT2D eigenvalue weighted by Crippen LogP contribution is 2.45. The lowest BCUT2D eigenvalue weighted by molar-refractivity contribution is -0.137. The topological polar surface area (TPSA) is 29.5 Å². The average Bonchev–Trinajstić information content (AvgIpc) is 2.97. The van der Waals surface area contributed by atoms with Crippen LogP contribution in [0, 0.1) is 5.92 Å². The summed E-state index contributed by atoms with van der Waals surface area (Å²) in [5, 5.41) is 0. The third-order valence-electron chi connectivity index (χ3n) is 4.22. The van der Waals surface area contributed by atoms with Crippen LogP contribution in [0.4, 0.5) is 0 Å². The van der Waals surface area contributed by atoms with E-state index in [9.17, 15) is 4.79 Å². The quantitative estimate of drug-likeness (QED) is 0.789. The van der Waals surface area contributed by atoms with Crippen LogP contribution in [0.15, 0.2) is 36.4 Å². The van der Waals surface area contributed by atoms with Gasteiger partial charge in [0.25, 0.3) is 0 Å². The van der Waals surface area contributed by atoms with Crippen LogP contribution in [0.25, 0.3) is 4.91 Å². The van der Waals surface area contributed by atoms with Crippen molar-refractivity contribution in [2.45, 2.75) is 23.7 Å². The van der Waals surface area contributed by atoms with E-state index in [4.69, 9.17) is 16.3 Å². The van der Waals surface area contributed by atoms with E-state index in [0.717, 1.165) is 29.9 Å². The van der Waals surface area contributed by atoms with Crippen molar-refractivity contribution in [3.63, 3.8) is 0 Å². The van der Waals surface area contributed by atoms with Crippen LogP contribution in [-0.4, -0.2) is 41.8 Å². The Bertz CT molecular complexity index is 563. The third-order valence-corrected chi connectivity index (χ3v) is 5.90. The van der Waals surface area contributed by atoms with Gasteiger partial charge in [0, 0.05) is 25.1 Å². The Hall–Kier alpha value is -0.970. The van der Waals surface area contributed by atoms with Crippen LogP contribution in [0.5, 0.6) is 0 Å². The molecule has 3 rings (SSSR count). The molecule has 1 aromatic carbocycles. The Morgan fingerprint density at radius 1 is 1.36 bits per heavy atom. The number of nitrogens with zero attached hydrogens (tertiary/aromatic N) is 1. The summed E-state index contributed by atoms with van der Waals surface area (Å²) in [6.07, 6.45) is 4.19. The molecule has 2 heterocycles. The SMILES string of the molecule is COC1CCCN(C(=O)C2C=C(c3ccccc3)SC2Cl)C1. The number of carbonyl (C=O) groups excluding carboxylic acids is 1. The van der Waals surface area contributed by atoms with Crippen LogP contribution >= 0.6 is 23.4 Å². The third kappa shape index (κ3) is 3.34. The lowest BCUT2D eigenvalue weighted by atomic mass is 10.0. The van der Waals surface area contributed by atoms with Crippen molar-refractivity contribution < 1.29 is 9.53 Å². The largest absolute Gasteiger partial charge is 0.380 e. The summed E-state index contributed by atoms with van der Waals surface area (Å²) in [5.41, 5.74) is 1.13. The zero-order chi connectivity index (χ0) is 15.5. The van der Waals surface area contributed by atoms with Crippen molar-refractivity contribution in [3.05, 3.63) is 42.0 Å². The molecular weight excluding hydrogens is 318 g/mol. The summed E-state index contributed by atoms with van der Waals surface area (Å²) in [7, 11) is 1.71. The molecule has 2 aliphatic heterocycles. The molecule has 3 nitrogen and oxygen atoms in total. The highest BCUT2D eigenvalue weighted by atomic mass is 35.5. The number of hydrogen-bond acceptors (Lipinski definition) is 3. The normalized spacial score (nSPS) is 28.5. The van der Waals surface area contributed by atoms with Gasteiger partial charge in [0.2, 0.25) is 5.91 Å². The number of piperidine rings is 1. The Balaban J connectivity index is 1.73. The number of ether oxygens (including phenoxy) is 1. The molecule has 2 aliphatic rings. The molecule has 0 saturated carbocycles. The van der Waals surface area contributed by atoms with Gasteiger partial charge in [-0.1, -0.05) is 36.4 Å². The van der Waals surface area contributed by atoms with Gasteiger partial charge in [-0.2, -0.15) is 0 Å². The predicted octanol–water partition coefficient (Wildman–Crippen LogP) is 3.59. The Labute approximate surface area is 140 Å². The first-order valence-corrected chi connectivity index (χ1v) is 8.90. The maximum absolute atomic E-state index is 12.8. The molecule has 0 spiro atoms. The molecule has 5 heteroatoms. The lowest BCUT2D eigenvalue weighted by Crippen LogP contribution is -2.46. The Morgan fingerprint density at radius 3 is 2.86 bits per heavy atom. The van der Waals surface area contributed by atoms with Gasteiger partial charge in [-0.15, -0.1) is 23.4 Å². The highest BCUT2D eigenvalue weighted by Gasteiger charge is 2.36. The van der Waals surface area contributed by atoms with Crippen molar-refractivity contribution in [2.24, 2.45) is 5.92 Å². The molecule has 1 saturated heterocycles. The van der Waals surface area contributed by atoms with Crippen molar-refractivity contribution in [3.8, 4) is 0 Å². The predicted molar refractivity (Wildman–Crippen MR) is 91.8 cm³/mol. The van der Waals surface area contributed by atoms with E-state index in [1.54, 1.807) is 18.9 Å². The molecule has 0 N–H and O–H groups in total. The highest BCUT2D eigenvalue weighted by molar-refractivity contribution is 8.10. The monoisotopic (exact) mass is 337 g/mol. The van der Waals surface area contributed by atoms with Gasteiger partial charge < -0.3 is 9.64 Å². The molecule has 1 aromatic rings. The second-order valence-corrected chi connectivity index (χ2v) is 7.59. The average molecular weight is 338 g/mol. The summed E-state index contributed by atoms with van der Waals surface area (Å²) < 4.78 is 5.17. The number of thioether (sulfide) groups is 1. The van der Waals surface area contributed by atoms with E-state index in [1.807, 2.05) is 29.2 Å². The fraction of sp³-hybridized carbons (Fsp3) is 0.471. The fourth-order valence-electron chi connectivity index (χ4n) is 2.96. The minimum absolute atomic E-state index is 0.125. The number of alkyl halides is 1. The fourth-order valence-corrected chi connectivity index (χ4v) is 4.51. The molecule has 1 fully saturated rings. The number of amides is 1. The second kappa shape index (κ2) is 7.07. The number of carbonyl (C=O) groups is 1. The number of halogens is 1. The van der Waals surface area contributed by atoms with E-state index in [-0.39, 0.29) is 22.6 Å². The van der Waals surface area contributed by atoms with Gasteiger partial charge in [-0.3, -0.25) is 4.79 Å². The van der Waals surface area contributed by atoms with Crippen LogP contribution < -0.4 is 0 Å². The van der Waals surface area contributed by atoms with Crippen LogP contribution in [0.2, 0.25) is 0 Å².